The van der Waals surface area contributed by atoms with Crippen LogP contribution in [0.5, 0.6) is 0 Å². The van der Waals surface area contributed by atoms with Crippen LogP contribution in [0.1, 0.15) is 12.8 Å². The van der Waals surface area contributed by atoms with Crippen LogP contribution < -0.4 is 15.5 Å². The van der Waals surface area contributed by atoms with Crippen molar-refractivity contribution < 1.29 is 9.18 Å². The molecule has 0 radical (unpaired) electrons. The molecule has 1 fully saturated rings. The molecule has 1 saturated heterocycles. The minimum Gasteiger partial charge on any atom is -0.378 e. The summed E-state index contributed by atoms with van der Waals surface area (Å²) in [6, 6.07) is 7.64. The molecular formula is C18H22FN5O. The van der Waals surface area contributed by atoms with Crippen molar-refractivity contribution in [3.8, 4) is 11.4 Å². The predicted octanol–water partition coefficient (Wildman–Crippen LogP) is 2.29. The van der Waals surface area contributed by atoms with E-state index in [0.29, 0.717) is 5.82 Å². The van der Waals surface area contributed by atoms with Crippen molar-refractivity contribution in [3.05, 3.63) is 36.3 Å². The second kappa shape index (κ2) is 7.57. The maximum atomic E-state index is 14.1. The molecule has 0 saturated carbocycles. The molecule has 132 valence electrons. The summed E-state index contributed by atoms with van der Waals surface area (Å²) in [5.74, 6) is -0.618. The number of benzene rings is 1. The number of nitrogens with zero attached hydrogens (tertiary/aromatic N) is 3. The third-order valence-corrected chi connectivity index (χ3v) is 4.32. The molecule has 2 heterocycles. The van der Waals surface area contributed by atoms with E-state index in [4.69, 9.17) is 0 Å². The van der Waals surface area contributed by atoms with Crippen LogP contribution in [0.25, 0.3) is 11.4 Å². The zero-order chi connectivity index (χ0) is 17.8. The fourth-order valence-electron chi connectivity index (χ4n) is 2.82. The SMILES string of the molecule is CN(C)c1cccc(-c2ncc(F)c(NC(=O)C3CCNCC3)n2)c1. The molecule has 2 aromatic rings. The maximum Gasteiger partial charge on any atom is 0.228 e. The van der Waals surface area contributed by atoms with Crippen molar-refractivity contribution in [2.75, 3.05) is 37.4 Å². The molecule has 25 heavy (non-hydrogen) atoms. The third kappa shape index (κ3) is 4.11. The molecule has 0 unspecified atom stereocenters. The lowest BCUT2D eigenvalue weighted by molar-refractivity contribution is -0.120. The van der Waals surface area contributed by atoms with E-state index in [1.54, 1.807) is 0 Å². The Morgan fingerprint density at radius 3 is 2.80 bits per heavy atom. The molecular weight excluding hydrogens is 321 g/mol. The van der Waals surface area contributed by atoms with E-state index >= 15 is 0 Å². The van der Waals surface area contributed by atoms with E-state index in [2.05, 4.69) is 20.6 Å². The van der Waals surface area contributed by atoms with E-state index in [-0.39, 0.29) is 17.6 Å². The summed E-state index contributed by atoms with van der Waals surface area (Å²) in [6.45, 7) is 1.60. The third-order valence-electron chi connectivity index (χ3n) is 4.32. The first kappa shape index (κ1) is 17.3. The molecule has 1 aromatic carbocycles. The van der Waals surface area contributed by atoms with Crippen LogP contribution in [0.4, 0.5) is 15.9 Å². The van der Waals surface area contributed by atoms with Crippen LogP contribution in [0.2, 0.25) is 0 Å². The first-order chi connectivity index (χ1) is 12.0. The average molecular weight is 343 g/mol. The van der Waals surface area contributed by atoms with E-state index < -0.39 is 5.82 Å². The van der Waals surface area contributed by atoms with Gasteiger partial charge in [-0.2, -0.15) is 0 Å². The lowest BCUT2D eigenvalue weighted by Gasteiger charge is -2.21. The fraction of sp³-hybridized carbons (Fsp3) is 0.389. The van der Waals surface area contributed by atoms with Crippen LogP contribution in [-0.4, -0.2) is 43.1 Å². The van der Waals surface area contributed by atoms with Crippen molar-refractivity contribution in [2.45, 2.75) is 12.8 Å². The molecule has 1 amide bonds. The topological polar surface area (TPSA) is 70.2 Å². The van der Waals surface area contributed by atoms with Gasteiger partial charge in [-0.1, -0.05) is 12.1 Å². The zero-order valence-corrected chi connectivity index (χ0v) is 14.4. The second-order valence-electron chi connectivity index (χ2n) is 6.35. The van der Waals surface area contributed by atoms with Gasteiger partial charge in [0.15, 0.2) is 17.5 Å². The van der Waals surface area contributed by atoms with Crippen LogP contribution in [0.3, 0.4) is 0 Å². The Morgan fingerprint density at radius 1 is 1.32 bits per heavy atom. The minimum absolute atomic E-state index is 0.0659. The Labute approximate surface area is 146 Å². The van der Waals surface area contributed by atoms with Gasteiger partial charge in [0.1, 0.15) is 0 Å². The van der Waals surface area contributed by atoms with Gasteiger partial charge in [-0.3, -0.25) is 4.79 Å². The van der Waals surface area contributed by atoms with Crippen LogP contribution >= 0.6 is 0 Å². The van der Waals surface area contributed by atoms with Gasteiger partial charge < -0.3 is 15.5 Å². The number of hydrogen-bond donors (Lipinski definition) is 2. The molecule has 0 spiro atoms. The monoisotopic (exact) mass is 343 g/mol. The average Bonchev–Trinajstić information content (AvgIpc) is 2.64. The quantitative estimate of drug-likeness (QED) is 0.891. The van der Waals surface area contributed by atoms with Crippen molar-refractivity contribution in [3.63, 3.8) is 0 Å². The van der Waals surface area contributed by atoms with Gasteiger partial charge >= 0.3 is 0 Å². The van der Waals surface area contributed by atoms with Gasteiger partial charge in [0, 0.05) is 31.3 Å². The highest BCUT2D eigenvalue weighted by Crippen LogP contribution is 2.23. The van der Waals surface area contributed by atoms with Crippen LogP contribution in [0.15, 0.2) is 30.5 Å². The molecule has 0 bridgehead atoms. The van der Waals surface area contributed by atoms with Crippen molar-refractivity contribution in [1.29, 1.82) is 0 Å². The molecule has 3 rings (SSSR count). The summed E-state index contributed by atoms with van der Waals surface area (Å²) < 4.78 is 14.1. The Kier molecular flexibility index (Phi) is 5.23. The number of hydrogen-bond acceptors (Lipinski definition) is 5. The van der Waals surface area contributed by atoms with Gasteiger partial charge in [0.2, 0.25) is 5.91 Å². The summed E-state index contributed by atoms with van der Waals surface area (Å²) in [6.07, 6.45) is 2.59. The van der Waals surface area contributed by atoms with Crippen molar-refractivity contribution >= 4 is 17.4 Å². The predicted molar refractivity (Wildman–Crippen MR) is 96.0 cm³/mol. The number of amides is 1. The Hall–Kier alpha value is -2.54. The molecule has 0 aliphatic carbocycles. The van der Waals surface area contributed by atoms with Crippen molar-refractivity contribution in [1.82, 2.24) is 15.3 Å². The van der Waals surface area contributed by atoms with Gasteiger partial charge in [0.05, 0.1) is 6.20 Å². The van der Waals surface area contributed by atoms with E-state index in [1.807, 2.05) is 43.3 Å². The Morgan fingerprint density at radius 2 is 2.08 bits per heavy atom. The normalized spacial score (nSPS) is 15.0. The number of nitrogens with one attached hydrogen (secondary N) is 2. The first-order valence-corrected chi connectivity index (χ1v) is 8.36. The molecule has 7 heteroatoms. The largest absolute Gasteiger partial charge is 0.378 e. The Balaban J connectivity index is 1.83. The highest BCUT2D eigenvalue weighted by atomic mass is 19.1. The molecule has 1 aliphatic rings. The minimum atomic E-state index is -0.630. The lowest BCUT2D eigenvalue weighted by atomic mass is 9.97. The van der Waals surface area contributed by atoms with E-state index in [0.717, 1.165) is 43.4 Å². The standard InChI is InChI=1S/C18H22FN5O/c1-24(2)14-5-3-4-13(10-14)16-21-11-15(19)17(22-16)23-18(25)12-6-8-20-9-7-12/h3-5,10-12,20H,6-9H2,1-2H3,(H,21,22,23,25). The summed E-state index contributed by atoms with van der Waals surface area (Å²) in [5.41, 5.74) is 1.76. The van der Waals surface area contributed by atoms with Gasteiger partial charge in [-0.25, -0.2) is 14.4 Å². The van der Waals surface area contributed by atoms with Crippen LogP contribution in [0, 0.1) is 11.7 Å². The lowest BCUT2D eigenvalue weighted by Crippen LogP contribution is -2.35. The summed E-state index contributed by atoms with van der Waals surface area (Å²) in [7, 11) is 3.88. The number of halogens is 1. The molecule has 6 nitrogen and oxygen atoms in total. The highest BCUT2D eigenvalue weighted by molar-refractivity contribution is 5.92. The maximum absolute atomic E-state index is 14.1. The molecule has 1 aliphatic heterocycles. The summed E-state index contributed by atoms with van der Waals surface area (Å²) >= 11 is 0. The molecule has 1 aromatic heterocycles. The molecule has 0 atom stereocenters. The first-order valence-electron chi connectivity index (χ1n) is 8.36. The van der Waals surface area contributed by atoms with E-state index in [9.17, 15) is 9.18 Å². The van der Waals surface area contributed by atoms with E-state index in [1.165, 1.54) is 0 Å². The number of aromatic nitrogens is 2. The number of piperidine rings is 1. The fourth-order valence-corrected chi connectivity index (χ4v) is 2.82. The van der Waals surface area contributed by atoms with Gasteiger partial charge in [-0.15, -0.1) is 0 Å². The second-order valence-corrected chi connectivity index (χ2v) is 6.35. The highest BCUT2D eigenvalue weighted by Gasteiger charge is 2.22. The summed E-state index contributed by atoms with van der Waals surface area (Å²) in [4.78, 5) is 22.6. The van der Waals surface area contributed by atoms with Gasteiger partial charge in [-0.05, 0) is 38.1 Å². The number of anilines is 2. The Bertz CT molecular complexity index is 759. The smallest absolute Gasteiger partial charge is 0.228 e. The van der Waals surface area contributed by atoms with Crippen molar-refractivity contribution in [2.24, 2.45) is 5.92 Å². The zero-order valence-electron chi connectivity index (χ0n) is 14.4. The number of rotatable bonds is 4. The van der Waals surface area contributed by atoms with Gasteiger partial charge in [0.25, 0.3) is 0 Å². The number of carbonyl (C=O) groups excluding carboxylic acids is 1. The summed E-state index contributed by atoms with van der Waals surface area (Å²) in [5, 5.41) is 5.83. The number of carbonyl (C=O) groups is 1. The molecule has 2 N–H and O–H groups in total. The van der Waals surface area contributed by atoms with Crippen LogP contribution in [-0.2, 0) is 4.79 Å².